The second kappa shape index (κ2) is 16.7. The fourth-order valence-corrected chi connectivity index (χ4v) is 9.65. The summed E-state index contributed by atoms with van der Waals surface area (Å²) in [7, 11) is 0. The summed E-state index contributed by atoms with van der Waals surface area (Å²) < 4.78 is 3.87. The molecule has 8 aromatic rings. The summed E-state index contributed by atoms with van der Waals surface area (Å²) in [5, 5.41) is 4.20. The largest absolute Gasteiger partial charge is 0.354 e. The first-order chi connectivity index (χ1) is 27.5. The van der Waals surface area contributed by atoms with Gasteiger partial charge in [-0.1, -0.05) is 187 Å². The van der Waals surface area contributed by atoms with Crippen LogP contribution in [0.5, 0.6) is 0 Å². The zero-order valence-electron chi connectivity index (χ0n) is 30.2. The van der Waals surface area contributed by atoms with Crippen LogP contribution in [0.4, 0.5) is 0 Å². The van der Waals surface area contributed by atoms with Crippen LogP contribution in [0.15, 0.2) is 146 Å². The lowest BCUT2D eigenvalue weighted by molar-refractivity contribution is 1.19. The van der Waals surface area contributed by atoms with Crippen LogP contribution in [0, 0.1) is 0 Å². The topological polar surface area (TPSA) is 63.2 Å². The Labute approximate surface area is 380 Å². The summed E-state index contributed by atoms with van der Waals surface area (Å²) in [6.07, 6.45) is 0. The normalized spacial score (nSPS) is 12.8. The average Bonchev–Trinajstić information content (AvgIpc) is 4.10. The Morgan fingerprint density at radius 2 is 0.464 bits per heavy atom. The highest BCUT2D eigenvalue weighted by Gasteiger charge is 2.18. The molecule has 0 saturated carbocycles. The van der Waals surface area contributed by atoms with Gasteiger partial charge in [-0.05, 0) is 93.0 Å². The van der Waals surface area contributed by atoms with Crippen LogP contribution in [-0.2, 0) is 17.7 Å². The van der Waals surface area contributed by atoms with Crippen molar-refractivity contribution in [2.24, 2.45) is 0 Å². The molecule has 276 valence electrons. The van der Waals surface area contributed by atoms with Gasteiger partial charge in [0.2, 0.25) is 0 Å². The Morgan fingerprint density at radius 1 is 0.250 bits per heavy atom. The van der Waals surface area contributed by atoms with Crippen molar-refractivity contribution < 1.29 is 0 Å². The number of rotatable bonds is 8. The molecule has 8 bridgehead atoms. The van der Waals surface area contributed by atoms with Gasteiger partial charge in [-0.2, -0.15) is 0 Å². The van der Waals surface area contributed by atoms with Gasteiger partial charge in [0.15, 0.2) is 0 Å². The summed E-state index contributed by atoms with van der Waals surface area (Å²) in [6.45, 7) is 0. The fourth-order valence-electron chi connectivity index (χ4n) is 7.61. The number of H-pyrrole nitrogens is 4. The second-order valence-electron chi connectivity index (χ2n) is 14.0. The maximum atomic E-state index is 3.92. The van der Waals surface area contributed by atoms with Gasteiger partial charge in [0.1, 0.15) is 0 Å². The highest BCUT2D eigenvalue weighted by molar-refractivity contribution is 14.1. The number of hydrogen-bond donors (Lipinski definition) is 4. The molecule has 0 aliphatic carbocycles. The van der Waals surface area contributed by atoms with Crippen LogP contribution < -0.4 is 21.4 Å². The Kier molecular flexibility index (Phi) is 11.3. The van der Waals surface area contributed by atoms with Crippen molar-refractivity contribution in [3.8, 4) is 0 Å². The molecule has 0 unspecified atom stereocenters. The second-order valence-corrected chi connectivity index (χ2v) is 17.0. The number of aromatic amines is 4. The van der Waals surface area contributed by atoms with Crippen LogP contribution in [0.3, 0.4) is 0 Å². The van der Waals surface area contributed by atoms with Crippen molar-refractivity contribution >= 4 is 113 Å². The highest BCUT2D eigenvalue weighted by Crippen LogP contribution is 2.29. The quantitative estimate of drug-likeness (QED) is 0.0866. The van der Waals surface area contributed by atoms with E-state index in [0.717, 1.165) is 106 Å². The van der Waals surface area contributed by atoms with E-state index in [1.807, 2.05) is 0 Å². The van der Waals surface area contributed by atoms with Crippen LogP contribution >= 0.6 is 90.4 Å². The first kappa shape index (κ1) is 37.9. The van der Waals surface area contributed by atoms with Gasteiger partial charge in [0.25, 0.3) is 0 Å². The van der Waals surface area contributed by atoms with Gasteiger partial charge in [0.05, 0.1) is 0 Å². The molecule has 0 spiro atoms. The Bertz CT molecular complexity index is 2530. The average molecular weight is 1180 g/mol. The minimum Gasteiger partial charge on any atom is -0.354 e. The number of halogens is 4. The molecular weight excluding hydrogens is 1140 g/mol. The molecule has 1 aliphatic rings. The van der Waals surface area contributed by atoms with Crippen LogP contribution in [-0.4, -0.2) is 19.9 Å². The molecule has 9 rings (SSSR count). The highest BCUT2D eigenvalue weighted by atomic mass is 127. The van der Waals surface area contributed by atoms with E-state index in [1.165, 1.54) is 22.3 Å². The predicted molar refractivity (Wildman–Crippen MR) is 265 cm³/mol. The SMILES string of the molecule is ICc1ccc(C2=c3ccc([nH]3)=C(c3ccc(CI)cc3)c3ccc([nH]3)C(c3ccc(CI)cc3)=c3ccc([nH]3)=C(c3ccc(CI)cc3)c3ccc2[nH]3)cc1. The van der Waals surface area contributed by atoms with E-state index in [4.69, 9.17) is 0 Å². The first-order valence-corrected chi connectivity index (χ1v) is 24.5. The van der Waals surface area contributed by atoms with Gasteiger partial charge in [0, 0.05) is 84.2 Å². The zero-order valence-corrected chi connectivity index (χ0v) is 38.8. The van der Waals surface area contributed by atoms with Crippen molar-refractivity contribution in [2.45, 2.75) is 17.7 Å². The van der Waals surface area contributed by atoms with Crippen LogP contribution in [0.2, 0.25) is 0 Å². The van der Waals surface area contributed by atoms with Gasteiger partial charge < -0.3 is 19.9 Å². The summed E-state index contributed by atoms with van der Waals surface area (Å²) >= 11 is 9.74. The smallest absolute Gasteiger partial charge is 0.0485 e. The molecule has 0 atom stereocenters. The number of hydrogen-bond acceptors (Lipinski definition) is 0. The minimum absolute atomic E-state index is 0.967. The maximum absolute atomic E-state index is 3.92. The third-order valence-corrected chi connectivity index (χ3v) is 14.0. The fraction of sp³-hybridized carbons (Fsp3) is 0.0833. The lowest BCUT2D eigenvalue weighted by atomic mass is 10.0. The Morgan fingerprint density at radius 3 is 0.661 bits per heavy atom. The molecule has 0 amide bonds. The summed E-state index contributed by atoms with van der Waals surface area (Å²) in [4.78, 5) is 15.7. The number of fused-ring (bicyclic) bond motifs is 8. The van der Waals surface area contributed by atoms with Crippen molar-refractivity contribution in [3.05, 3.63) is 234 Å². The molecule has 1 aliphatic heterocycles. The third-order valence-electron chi connectivity index (χ3n) is 10.5. The van der Waals surface area contributed by atoms with E-state index in [0.29, 0.717) is 0 Å². The molecule has 4 aromatic carbocycles. The molecule has 5 heterocycles. The summed E-state index contributed by atoms with van der Waals surface area (Å²) in [6, 6.07) is 53.8. The molecule has 0 saturated heterocycles. The van der Waals surface area contributed by atoms with Gasteiger partial charge >= 0.3 is 0 Å². The van der Waals surface area contributed by atoms with Gasteiger partial charge in [-0.3, -0.25) is 0 Å². The van der Waals surface area contributed by atoms with Gasteiger partial charge in [-0.15, -0.1) is 0 Å². The van der Waals surface area contributed by atoms with E-state index < -0.39 is 0 Å². The maximum Gasteiger partial charge on any atom is 0.0485 e. The van der Waals surface area contributed by atoms with Gasteiger partial charge in [-0.25, -0.2) is 0 Å². The summed E-state index contributed by atoms with van der Waals surface area (Å²) in [5.74, 6) is 0. The molecule has 4 N–H and O–H groups in total. The van der Waals surface area contributed by atoms with E-state index in [2.05, 4.69) is 256 Å². The lowest BCUT2D eigenvalue weighted by Gasteiger charge is -2.11. The Hall–Kier alpha value is -3.60. The van der Waals surface area contributed by atoms with Crippen LogP contribution in [0.1, 0.15) is 67.3 Å². The van der Waals surface area contributed by atoms with E-state index in [9.17, 15) is 0 Å². The minimum atomic E-state index is 0.967. The van der Waals surface area contributed by atoms with Crippen molar-refractivity contribution in [2.75, 3.05) is 0 Å². The lowest BCUT2D eigenvalue weighted by Crippen LogP contribution is -2.19. The molecule has 56 heavy (non-hydrogen) atoms. The predicted octanol–water partition coefficient (Wildman–Crippen LogP) is 10.0. The number of nitrogens with one attached hydrogen (secondary N) is 4. The zero-order chi connectivity index (χ0) is 38.2. The van der Waals surface area contributed by atoms with Crippen molar-refractivity contribution in [3.63, 3.8) is 0 Å². The van der Waals surface area contributed by atoms with Crippen molar-refractivity contribution in [1.82, 2.24) is 19.9 Å². The van der Waals surface area contributed by atoms with Crippen LogP contribution in [0.25, 0.3) is 22.3 Å². The molecule has 0 fully saturated rings. The molecule has 8 heteroatoms. The molecule has 4 nitrogen and oxygen atoms in total. The standard InChI is InChI=1S/C48H36I4N4/c49-25-29-1-9-33(10-2-29)45-37-17-19-39(53-37)46(34-11-3-30(26-50)4-12-34)41-21-23-43(55-41)48(36-15-7-32(28-52)8-16-36)44-24-22-42(56-44)47(40-20-18-38(45)54-40)35-13-5-31(27-51)6-14-35/h1-24,53-56H,25-28H2. The molecular formula is C48H36I4N4. The first-order valence-electron chi connectivity index (χ1n) is 18.4. The van der Waals surface area contributed by atoms with Crippen molar-refractivity contribution in [1.29, 1.82) is 0 Å². The monoisotopic (exact) mass is 1180 g/mol. The third kappa shape index (κ3) is 7.46. The molecule has 0 radical (unpaired) electrons. The number of alkyl halides is 4. The Balaban J connectivity index is 1.40. The molecule has 4 aromatic heterocycles. The number of benzene rings is 4. The van der Waals surface area contributed by atoms with E-state index >= 15 is 0 Å². The summed E-state index contributed by atoms with van der Waals surface area (Å²) in [5.41, 5.74) is 18.5. The van der Waals surface area contributed by atoms with E-state index in [-0.39, 0.29) is 0 Å². The van der Waals surface area contributed by atoms with E-state index in [1.54, 1.807) is 0 Å². The number of aromatic nitrogens is 4.